The fraction of sp³-hybridized carbons (Fsp3) is 0.500. The molecule has 0 aliphatic heterocycles. The molecule has 0 bridgehead atoms. The van der Waals surface area contributed by atoms with Crippen LogP contribution >= 0.6 is 0 Å². The molecule has 0 radical (unpaired) electrons. The SMILES string of the molecule is CCCCNC(=O)CCn1c(=O)c(C)nc2cc(C)c(C)cc21. The van der Waals surface area contributed by atoms with Crippen LogP contribution in [-0.4, -0.2) is 22.0 Å². The van der Waals surface area contributed by atoms with Gasteiger partial charge < -0.3 is 9.88 Å². The molecule has 0 saturated carbocycles. The monoisotopic (exact) mass is 315 g/mol. The Labute approximate surface area is 136 Å². The minimum absolute atomic E-state index is 0.0169. The van der Waals surface area contributed by atoms with Crippen LogP contribution in [0.1, 0.15) is 43.0 Å². The van der Waals surface area contributed by atoms with E-state index in [1.54, 1.807) is 11.5 Å². The Morgan fingerprint density at radius 2 is 1.91 bits per heavy atom. The standard InChI is InChI=1S/C18H25N3O2/c1-5-6-8-19-17(22)7-9-21-16-11-13(3)12(2)10-15(16)20-14(4)18(21)23/h10-11H,5-9H2,1-4H3,(H,19,22). The van der Waals surface area contributed by atoms with Crippen molar-refractivity contribution in [2.24, 2.45) is 0 Å². The van der Waals surface area contributed by atoms with E-state index >= 15 is 0 Å². The number of carbonyl (C=O) groups is 1. The molecule has 0 spiro atoms. The number of hydrogen-bond acceptors (Lipinski definition) is 3. The third-order valence-electron chi connectivity index (χ3n) is 4.14. The Balaban J connectivity index is 2.28. The number of hydrogen-bond donors (Lipinski definition) is 1. The molecule has 124 valence electrons. The van der Waals surface area contributed by atoms with Crippen molar-refractivity contribution in [1.29, 1.82) is 0 Å². The Morgan fingerprint density at radius 1 is 1.22 bits per heavy atom. The van der Waals surface area contributed by atoms with Gasteiger partial charge in [-0.2, -0.15) is 0 Å². The average molecular weight is 315 g/mol. The van der Waals surface area contributed by atoms with E-state index in [4.69, 9.17) is 0 Å². The molecule has 2 aromatic rings. The van der Waals surface area contributed by atoms with E-state index in [1.165, 1.54) is 0 Å². The van der Waals surface area contributed by atoms with Crippen LogP contribution in [0, 0.1) is 20.8 Å². The summed E-state index contributed by atoms with van der Waals surface area (Å²) >= 11 is 0. The predicted octanol–water partition coefficient (Wildman–Crippen LogP) is 2.63. The highest BCUT2D eigenvalue weighted by molar-refractivity contribution is 5.78. The zero-order valence-electron chi connectivity index (χ0n) is 14.4. The van der Waals surface area contributed by atoms with Crippen molar-refractivity contribution in [2.45, 2.75) is 53.5 Å². The summed E-state index contributed by atoms with van der Waals surface area (Å²) in [5.41, 5.74) is 4.20. The zero-order chi connectivity index (χ0) is 17.0. The lowest BCUT2D eigenvalue weighted by Gasteiger charge is -2.13. The molecule has 0 aliphatic carbocycles. The van der Waals surface area contributed by atoms with Gasteiger partial charge in [0.15, 0.2) is 0 Å². The van der Waals surface area contributed by atoms with Crippen molar-refractivity contribution in [3.63, 3.8) is 0 Å². The summed E-state index contributed by atoms with van der Waals surface area (Å²) in [7, 11) is 0. The Hall–Kier alpha value is -2.17. The largest absolute Gasteiger partial charge is 0.356 e. The summed E-state index contributed by atoms with van der Waals surface area (Å²) in [6.45, 7) is 8.91. The number of nitrogens with one attached hydrogen (secondary N) is 1. The molecule has 1 amide bonds. The molecule has 2 rings (SSSR count). The number of carbonyl (C=O) groups excluding carboxylic acids is 1. The number of aryl methyl sites for hydroxylation is 4. The number of benzene rings is 1. The van der Waals surface area contributed by atoms with Gasteiger partial charge in [0.1, 0.15) is 5.69 Å². The van der Waals surface area contributed by atoms with Gasteiger partial charge in [-0.25, -0.2) is 4.98 Å². The molecule has 0 fully saturated rings. The zero-order valence-corrected chi connectivity index (χ0v) is 14.4. The molecule has 0 unspecified atom stereocenters. The van der Waals surface area contributed by atoms with Gasteiger partial charge in [-0.1, -0.05) is 13.3 Å². The van der Waals surface area contributed by atoms with Crippen LogP contribution in [-0.2, 0) is 11.3 Å². The first-order valence-electron chi connectivity index (χ1n) is 8.19. The number of amides is 1. The Bertz CT molecular complexity index is 778. The summed E-state index contributed by atoms with van der Waals surface area (Å²) in [6, 6.07) is 3.97. The maximum absolute atomic E-state index is 12.4. The molecule has 0 aliphatic rings. The Kier molecular flexibility index (Phi) is 5.53. The smallest absolute Gasteiger partial charge is 0.272 e. The first kappa shape index (κ1) is 17.2. The lowest BCUT2D eigenvalue weighted by molar-refractivity contribution is -0.121. The van der Waals surface area contributed by atoms with Gasteiger partial charge in [0, 0.05) is 19.5 Å². The number of unbranched alkanes of at least 4 members (excludes halogenated alkanes) is 1. The average Bonchev–Trinajstić information content (AvgIpc) is 2.50. The highest BCUT2D eigenvalue weighted by Gasteiger charge is 2.11. The third-order valence-corrected chi connectivity index (χ3v) is 4.14. The molecular formula is C18H25N3O2. The highest BCUT2D eigenvalue weighted by Crippen LogP contribution is 2.17. The molecule has 1 aromatic carbocycles. The molecule has 1 aromatic heterocycles. The molecular weight excluding hydrogens is 290 g/mol. The van der Waals surface area contributed by atoms with Crippen molar-refractivity contribution in [3.05, 3.63) is 39.3 Å². The van der Waals surface area contributed by atoms with Crippen LogP contribution in [0.5, 0.6) is 0 Å². The number of aromatic nitrogens is 2. The van der Waals surface area contributed by atoms with Crippen LogP contribution in [0.4, 0.5) is 0 Å². The fourth-order valence-corrected chi connectivity index (χ4v) is 2.55. The molecule has 0 atom stereocenters. The van der Waals surface area contributed by atoms with Gasteiger partial charge in [-0.05, 0) is 50.5 Å². The van der Waals surface area contributed by atoms with Gasteiger partial charge in [-0.15, -0.1) is 0 Å². The summed E-state index contributed by atoms with van der Waals surface area (Å²) < 4.78 is 1.67. The minimum atomic E-state index is -0.123. The minimum Gasteiger partial charge on any atom is -0.356 e. The number of rotatable bonds is 6. The first-order valence-corrected chi connectivity index (χ1v) is 8.19. The lowest BCUT2D eigenvalue weighted by Crippen LogP contribution is -2.29. The van der Waals surface area contributed by atoms with Crippen LogP contribution in [0.15, 0.2) is 16.9 Å². The van der Waals surface area contributed by atoms with Gasteiger partial charge in [0.2, 0.25) is 5.91 Å². The van der Waals surface area contributed by atoms with Crippen LogP contribution < -0.4 is 10.9 Å². The second-order valence-corrected chi connectivity index (χ2v) is 6.03. The van der Waals surface area contributed by atoms with Gasteiger partial charge >= 0.3 is 0 Å². The maximum Gasteiger partial charge on any atom is 0.272 e. The molecule has 1 N–H and O–H groups in total. The molecule has 5 heteroatoms. The highest BCUT2D eigenvalue weighted by atomic mass is 16.1. The van der Waals surface area contributed by atoms with Crippen molar-refractivity contribution in [1.82, 2.24) is 14.9 Å². The van der Waals surface area contributed by atoms with Gasteiger partial charge in [0.05, 0.1) is 11.0 Å². The summed E-state index contributed by atoms with van der Waals surface area (Å²) in [5.74, 6) is -0.0169. The predicted molar refractivity (Wildman–Crippen MR) is 92.7 cm³/mol. The molecule has 23 heavy (non-hydrogen) atoms. The lowest BCUT2D eigenvalue weighted by atomic mass is 10.1. The van der Waals surface area contributed by atoms with Crippen molar-refractivity contribution < 1.29 is 4.79 Å². The summed E-state index contributed by atoms with van der Waals surface area (Å²) in [4.78, 5) is 28.7. The van der Waals surface area contributed by atoms with E-state index in [0.717, 1.165) is 35.0 Å². The fourth-order valence-electron chi connectivity index (χ4n) is 2.55. The van der Waals surface area contributed by atoms with Crippen molar-refractivity contribution >= 4 is 16.9 Å². The quantitative estimate of drug-likeness (QED) is 0.834. The van der Waals surface area contributed by atoms with E-state index in [2.05, 4.69) is 17.2 Å². The second-order valence-electron chi connectivity index (χ2n) is 6.03. The Morgan fingerprint density at radius 3 is 2.61 bits per heavy atom. The maximum atomic E-state index is 12.4. The number of fused-ring (bicyclic) bond motifs is 1. The molecule has 5 nitrogen and oxygen atoms in total. The van der Waals surface area contributed by atoms with E-state index in [9.17, 15) is 9.59 Å². The van der Waals surface area contributed by atoms with Gasteiger partial charge in [0.25, 0.3) is 5.56 Å². The van der Waals surface area contributed by atoms with E-state index < -0.39 is 0 Å². The van der Waals surface area contributed by atoms with Crippen LogP contribution in [0.25, 0.3) is 11.0 Å². The number of nitrogens with zero attached hydrogens (tertiary/aromatic N) is 2. The third kappa shape index (κ3) is 3.97. The van der Waals surface area contributed by atoms with E-state index in [1.807, 2.05) is 26.0 Å². The summed E-state index contributed by atoms with van der Waals surface area (Å²) in [5, 5.41) is 2.89. The topological polar surface area (TPSA) is 64.0 Å². The summed E-state index contributed by atoms with van der Waals surface area (Å²) in [6.07, 6.45) is 2.32. The second kappa shape index (κ2) is 7.40. The molecule has 1 heterocycles. The van der Waals surface area contributed by atoms with Crippen molar-refractivity contribution in [3.8, 4) is 0 Å². The van der Waals surface area contributed by atoms with Crippen molar-refractivity contribution in [2.75, 3.05) is 6.54 Å². The van der Waals surface area contributed by atoms with E-state index in [0.29, 0.717) is 25.2 Å². The van der Waals surface area contributed by atoms with Gasteiger partial charge in [-0.3, -0.25) is 9.59 Å². The normalized spacial score (nSPS) is 11.0. The van der Waals surface area contributed by atoms with Crippen LogP contribution in [0.3, 0.4) is 0 Å². The van der Waals surface area contributed by atoms with E-state index in [-0.39, 0.29) is 11.5 Å². The van der Waals surface area contributed by atoms with Crippen LogP contribution in [0.2, 0.25) is 0 Å². The molecule has 0 saturated heterocycles. The first-order chi connectivity index (χ1) is 10.9.